The van der Waals surface area contributed by atoms with Crippen molar-refractivity contribution in [2.24, 2.45) is 0 Å². The highest BCUT2D eigenvalue weighted by Crippen LogP contribution is 2.46. The number of rotatable bonds is 2. The van der Waals surface area contributed by atoms with Gasteiger partial charge in [-0.1, -0.05) is 12.1 Å². The quantitative estimate of drug-likeness (QED) is 0.648. The fourth-order valence-electron chi connectivity index (χ4n) is 4.15. The molecule has 1 amide bonds. The van der Waals surface area contributed by atoms with Gasteiger partial charge in [0.05, 0.1) is 15.2 Å². The Kier molecular flexibility index (Phi) is 3.89. The Morgan fingerprint density at radius 3 is 2.79 bits per heavy atom. The topological polar surface area (TPSA) is 80.2 Å². The molecule has 1 aromatic carbocycles. The summed E-state index contributed by atoms with van der Waals surface area (Å²) in [7, 11) is -3.45. The Hall–Kier alpha value is -2.58. The van der Waals surface area contributed by atoms with Crippen molar-refractivity contribution in [2.45, 2.75) is 23.0 Å². The predicted octanol–water partition coefficient (Wildman–Crippen LogP) is 2.91. The Labute approximate surface area is 166 Å². The van der Waals surface area contributed by atoms with Crippen LogP contribution in [0.5, 0.6) is 0 Å². The summed E-state index contributed by atoms with van der Waals surface area (Å²) in [6.07, 6.45) is 3.47. The zero-order valence-electron chi connectivity index (χ0n) is 15.1. The molecule has 142 valence electrons. The van der Waals surface area contributed by atoms with E-state index in [9.17, 15) is 13.2 Å². The maximum absolute atomic E-state index is 13.1. The fourth-order valence-corrected chi connectivity index (χ4v) is 6.90. The minimum Gasteiger partial charge on any atom is -0.335 e. The minimum absolute atomic E-state index is 0.195. The van der Waals surface area contributed by atoms with Crippen molar-refractivity contribution in [2.75, 3.05) is 13.1 Å². The van der Waals surface area contributed by atoms with E-state index < -0.39 is 15.1 Å². The first kappa shape index (κ1) is 17.5. The number of nitrogens with zero attached hydrogens (tertiary/aromatic N) is 3. The lowest BCUT2D eigenvalue weighted by Crippen LogP contribution is -2.31. The standard InChI is InChI=1S/C20H17N3O3S2/c1-12-22-17(11-27-12)20(24)23-9-16-15-7-13(14-3-2-6-21-8-14)4-5-18(15)28(25,26)19(16)10-23/h2-8,11,16,19H,9-10H2,1H3/t16-,19+/m0/s1. The maximum Gasteiger partial charge on any atom is 0.273 e. The van der Waals surface area contributed by atoms with Gasteiger partial charge in [-0.2, -0.15) is 0 Å². The van der Waals surface area contributed by atoms with Gasteiger partial charge < -0.3 is 4.90 Å². The molecule has 1 fully saturated rings. The Morgan fingerprint density at radius 2 is 2.07 bits per heavy atom. The molecule has 0 bridgehead atoms. The van der Waals surface area contributed by atoms with E-state index in [0.29, 0.717) is 17.1 Å². The fraction of sp³-hybridized carbons (Fsp3) is 0.250. The molecule has 0 spiro atoms. The lowest BCUT2D eigenvalue weighted by Gasteiger charge is -2.17. The van der Waals surface area contributed by atoms with E-state index in [1.54, 1.807) is 28.7 Å². The molecule has 2 aromatic heterocycles. The zero-order chi connectivity index (χ0) is 19.5. The number of fused-ring (bicyclic) bond motifs is 3. The van der Waals surface area contributed by atoms with Crippen molar-refractivity contribution < 1.29 is 13.2 Å². The molecule has 0 aliphatic carbocycles. The summed E-state index contributed by atoms with van der Waals surface area (Å²) < 4.78 is 26.1. The predicted molar refractivity (Wildman–Crippen MR) is 106 cm³/mol. The van der Waals surface area contributed by atoms with Gasteiger partial charge in [0, 0.05) is 36.8 Å². The van der Waals surface area contributed by atoms with Crippen LogP contribution < -0.4 is 0 Å². The number of thiazole rings is 1. The van der Waals surface area contributed by atoms with Gasteiger partial charge in [0.15, 0.2) is 9.84 Å². The van der Waals surface area contributed by atoms with Crippen LogP contribution in [0, 0.1) is 6.92 Å². The summed E-state index contributed by atoms with van der Waals surface area (Å²) in [6, 6.07) is 9.27. The molecule has 4 heterocycles. The smallest absolute Gasteiger partial charge is 0.273 e. The summed E-state index contributed by atoms with van der Waals surface area (Å²) >= 11 is 1.42. The lowest BCUT2D eigenvalue weighted by atomic mass is 9.95. The molecular formula is C20H17N3O3S2. The first-order valence-corrected chi connectivity index (χ1v) is 11.4. The number of hydrogen-bond donors (Lipinski definition) is 0. The molecule has 5 rings (SSSR count). The number of amides is 1. The van der Waals surface area contributed by atoms with Crippen molar-refractivity contribution >= 4 is 27.1 Å². The Bertz CT molecular complexity index is 1190. The highest BCUT2D eigenvalue weighted by molar-refractivity contribution is 7.92. The molecule has 3 aromatic rings. The second-order valence-electron chi connectivity index (χ2n) is 7.15. The van der Waals surface area contributed by atoms with E-state index in [1.165, 1.54) is 11.3 Å². The van der Waals surface area contributed by atoms with Crippen molar-refractivity contribution in [3.8, 4) is 11.1 Å². The molecule has 28 heavy (non-hydrogen) atoms. The van der Waals surface area contributed by atoms with E-state index in [-0.39, 0.29) is 18.4 Å². The van der Waals surface area contributed by atoms with Crippen LogP contribution in [-0.2, 0) is 9.84 Å². The van der Waals surface area contributed by atoms with E-state index in [0.717, 1.165) is 21.7 Å². The van der Waals surface area contributed by atoms with E-state index >= 15 is 0 Å². The van der Waals surface area contributed by atoms with Gasteiger partial charge in [0.25, 0.3) is 5.91 Å². The van der Waals surface area contributed by atoms with Gasteiger partial charge in [-0.15, -0.1) is 11.3 Å². The van der Waals surface area contributed by atoms with Crippen molar-refractivity contribution in [1.29, 1.82) is 0 Å². The number of aromatic nitrogens is 2. The number of aryl methyl sites for hydroxylation is 1. The van der Waals surface area contributed by atoms with Crippen LogP contribution in [0.15, 0.2) is 53.0 Å². The molecule has 1 saturated heterocycles. The van der Waals surface area contributed by atoms with Gasteiger partial charge in [-0.05, 0) is 41.8 Å². The number of carbonyl (C=O) groups excluding carboxylic acids is 1. The molecule has 2 aliphatic rings. The van der Waals surface area contributed by atoms with Crippen LogP contribution in [0.3, 0.4) is 0 Å². The molecule has 0 saturated carbocycles. The number of hydrogen-bond acceptors (Lipinski definition) is 6. The summed E-state index contributed by atoms with van der Waals surface area (Å²) in [5, 5.41) is 1.96. The van der Waals surface area contributed by atoms with Crippen molar-refractivity contribution in [1.82, 2.24) is 14.9 Å². The molecule has 0 N–H and O–H groups in total. The number of sulfone groups is 1. The van der Waals surface area contributed by atoms with Gasteiger partial charge in [0.1, 0.15) is 5.69 Å². The highest BCUT2D eigenvalue weighted by atomic mass is 32.2. The molecule has 6 nitrogen and oxygen atoms in total. The average molecular weight is 412 g/mol. The van der Waals surface area contributed by atoms with E-state index in [4.69, 9.17) is 0 Å². The Balaban J connectivity index is 1.52. The highest BCUT2D eigenvalue weighted by Gasteiger charge is 2.51. The molecular weight excluding hydrogens is 394 g/mol. The second kappa shape index (κ2) is 6.22. The van der Waals surface area contributed by atoms with E-state index in [1.807, 2.05) is 31.2 Å². The molecule has 2 atom stereocenters. The van der Waals surface area contributed by atoms with Gasteiger partial charge in [0.2, 0.25) is 0 Å². The number of likely N-dealkylation sites (tertiary alicyclic amines) is 1. The number of pyridine rings is 1. The van der Waals surface area contributed by atoms with Crippen molar-refractivity contribution in [3.05, 3.63) is 64.4 Å². The molecule has 2 aliphatic heterocycles. The third kappa shape index (κ3) is 2.59. The monoisotopic (exact) mass is 411 g/mol. The maximum atomic E-state index is 13.1. The second-order valence-corrected chi connectivity index (χ2v) is 10.3. The van der Waals surface area contributed by atoms with E-state index in [2.05, 4.69) is 9.97 Å². The molecule has 8 heteroatoms. The third-order valence-electron chi connectivity index (χ3n) is 5.50. The van der Waals surface area contributed by atoms with Crippen molar-refractivity contribution in [3.63, 3.8) is 0 Å². The zero-order valence-corrected chi connectivity index (χ0v) is 16.7. The van der Waals surface area contributed by atoms with Crippen LogP contribution >= 0.6 is 11.3 Å². The Morgan fingerprint density at radius 1 is 1.21 bits per heavy atom. The largest absolute Gasteiger partial charge is 0.335 e. The average Bonchev–Trinajstić information content (AvgIpc) is 3.38. The summed E-state index contributed by atoms with van der Waals surface area (Å²) in [6.45, 7) is 2.45. The van der Waals surface area contributed by atoms with Crippen LogP contribution in [0.1, 0.15) is 27.0 Å². The SMILES string of the molecule is Cc1nc(C(=O)N2C[C@@H]3[C@@H](C2)c2cc(-c4cccnc4)ccc2S3(=O)=O)cs1. The summed E-state index contributed by atoms with van der Waals surface area (Å²) in [5.74, 6) is -0.404. The molecule has 0 unspecified atom stereocenters. The first-order valence-electron chi connectivity index (χ1n) is 8.95. The molecule has 0 radical (unpaired) electrons. The first-order chi connectivity index (χ1) is 13.4. The minimum atomic E-state index is -3.45. The van der Waals surface area contributed by atoms with Gasteiger partial charge in [-0.25, -0.2) is 13.4 Å². The number of carbonyl (C=O) groups is 1. The van der Waals surface area contributed by atoms with Gasteiger partial charge in [-0.3, -0.25) is 9.78 Å². The summed E-state index contributed by atoms with van der Waals surface area (Å²) in [5.41, 5.74) is 3.07. The lowest BCUT2D eigenvalue weighted by molar-refractivity contribution is 0.0785. The normalized spacial score (nSPS) is 22.1. The van der Waals surface area contributed by atoms with Gasteiger partial charge >= 0.3 is 0 Å². The van der Waals surface area contributed by atoms with Crippen LogP contribution in [0.4, 0.5) is 0 Å². The van der Waals surface area contributed by atoms with Crippen LogP contribution in [-0.4, -0.2) is 47.5 Å². The van der Waals surface area contributed by atoms with Crippen LogP contribution in [0.25, 0.3) is 11.1 Å². The number of benzene rings is 1. The summed E-state index contributed by atoms with van der Waals surface area (Å²) in [4.78, 5) is 23.2. The third-order valence-corrected chi connectivity index (χ3v) is 8.53. The van der Waals surface area contributed by atoms with Crippen LogP contribution in [0.2, 0.25) is 0 Å².